The van der Waals surface area contributed by atoms with Crippen molar-refractivity contribution in [1.82, 2.24) is 0 Å². The normalized spacial score (nSPS) is 56.7. The molecule has 3 heteroatoms. The van der Waals surface area contributed by atoms with Crippen LogP contribution in [0.15, 0.2) is 0 Å². The van der Waals surface area contributed by atoms with Crippen LogP contribution in [0.5, 0.6) is 0 Å². The number of fused-ring (bicyclic) bond motifs is 1. The van der Waals surface area contributed by atoms with E-state index in [0.717, 1.165) is 6.42 Å². The average molecular weight is 130 g/mol. The Labute approximate surface area is 53.3 Å². The summed E-state index contributed by atoms with van der Waals surface area (Å²) in [6, 6.07) is 0. The molecule has 1 saturated carbocycles. The Kier molecular flexibility index (Phi) is 0.928. The first-order valence-corrected chi connectivity index (χ1v) is 3.25. The number of rotatable bonds is 0. The average Bonchev–Trinajstić information content (AvgIpc) is 2.44. The summed E-state index contributed by atoms with van der Waals surface area (Å²) in [5.41, 5.74) is -0.863. The molecule has 0 aromatic heterocycles. The highest BCUT2D eigenvalue weighted by molar-refractivity contribution is 5.07. The topological polar surface area (TPSA) is 49.7 Å². The van der Waals surface area contributed by atoms with E-state index in [0.29, 0.717) is 18.9 Å². The molecule has 0 aromatic carbocycles. The summed E-state index contributed by atoms with van der Waals surface area (Å²) in [5, 5.41) is 18.3. The third kappa shape index (κ3) is 0.625. The fourth-order valence-corrected chi connectivity index (χ4v) is 1.46. The highest BCUT2D eigenvalue weighted by Crippen LogP contribution is 2.51. The van der Waals surface area contributed by atoms with Crippen molar-refractivity contribution < 1.29 is 14.9 Å². The highest BCUT2D eigenvalue weighted by atomic mass is 16.6. The number of hydrogen-bond donors (Lipinski definition) is 2. The van der Waals surface area contributed by atoms with Crippen molar-refractivity contribution in [2.45, 2.75) is 24.7 Å². The SMILES string of the molecule is O[C@H]1OCCC2CC21O. The van der Waals surface area contributed by atoms with Crippen LogP contribution >= 0.6 is 0 Å². The summed E-state index contributed by atoms with van der Waals surface area (Å²) in [6.45, 7) is 0.591. The third-order valence-corrected chi connectivity index (χ3v) is 2.29. The van der Waals surface area contributed by atoms with Crippen molar-refractivity contribution in [3.05, 3.63) is 0 Å². The Morgan fingerprint density at radius 1 is 1.56 bits per heavy atom. The maximum atomic E-state index is 9.34. The Bertz CT molecular complexity index is 136. The number of hydrogen-bond acceptors (Lipinski definition) is 3. The van der Waals surface area contributed by atoms with E-state index >= 15 is 0 Å². The molecule has 1 aliphatic heterocycles. The van der Waals surface area contributed by atoms with Crippen LogP contribution in [0.2, 0.25) is 0 Å². The van der Waals surface area contributed by atoms with Crippen LogP contribution in [-0.2, 0) is 4.74 Å². The fraction of sp³-hybridized carbons (Fsp3) is 1.00. The first-order chi connectivity index (χ1) is 4.23. The first kappa shape index (κ1) is 5.65. The van der Waals surface area contributed by atoms with Crippen LogP contribution in [0, 0.1) is 5.92 Å². The van der Waals surface area contributed by atoms with E-state index < -0.39 is 11.9 Å². The lowest BCUT2D eigenvalue weighted by Crippen LogP contribution is -2.36. The van der Waals surface area contributed by atoms with Crippen molar-refractivity contribution in [3.8, 4) is 0 Å². The molecule has 2 unspecified atom stereocenters. The summed E-state index contributed by atoms with van der Waals surface area (Å²) in [6.07, 6.45) is 0.693. The molecule has 3 nitrogen and oxygen atoms in total. The molecular formula is C6H10O3. The number of ether oxygens (including phenoxy) is 1. The van der Waals surface area contributed by atoms with E-state index in [1.165, 1.54) is 0 Å². The van der Waals surface area contributed by atoms with Gasteiger partial charge in [0, 0.05) is 0 Å². The van der Waals surface area contributed by atoms with E-state index in [4.69, 9.17) is 9.84 Å². The summed E-state index contributed by atoms with van der Waals surface area (Å²) in [5.74, 6) is 0.307. The lowest BCUT2D eigenvalue weighted by Gasteiger charge is -2.22. The molecule has 0 amide bonds. The van der Waals surface area contributed by atoms with Gasteiger partial charge in [0.05, 0.1) is 6.61 Å². The Morgan fingerprint density at radius 3 is 2.89 bits per heavy atom. The van der Waals surface area contributed by atoms with Crippen LogP contribution in [0.1, 0.15) is 12.8 Å². The second-order valence-corrected chi connectivity index (χ2v) is 2.90. The minimum Gasteiger partial charge on any atom is -0.384 e. The molecule has 0 spiro atoms. The molecule has 9 heavy (non-hydrogen) atoms. The summed E-state index contributed by atoms with van der Waals surface area (Å²) >= 11 is 0. The number of aliphatic hydroxyl groups is 2. The second-order valence-electron chi connectivity index (χ2n) is 2.90. The van der Waals surface area contributed by atoms with Gasteiger partial charge in [0.25, 0.3) is 0 Å². The van der Waals surface area contributed by atoms with Gasteiger partial charge in [-0.25, -0.2) is 0 Å². The van der Waals surface area contributed by atoms with E-state index in [1.54, 1.807) is 0 Å². The minimum absolute atomic E-state index is 0.307. The van der Waals surface area contributed by atoms with Gasteiger partial charge in [-0.15, -0.1) is 0 Å². The largest absolute Gasteiger partial charge is 0.384 e. The molecule has 2 aliphatic rings. The molecule has 0 aromatic rings. The van der Waals surface area contributed by atoms with Crippen molar-refractivity contribution >= 4 is 0 Å². The third-order valence-electron chi connectivity index (χ3n) is 2.29. The van der Waals surface area contributed by atoms with E-state index in [9.17, 15) is 5.11 Å². The molecule has 2 rings (SSSR count). The minimum atomic E-state index is -0.920. The van der Waals surface area contributed by atoms with Crippen LogP contribution in [0.4, 0.5) is 0 Å². The fourth-order valence-electron chi connectivity index (χ4n) is 1.46. The van der Waals surface area contributed by atoms with Gasteiger partial charge in [0.15, 0.2) is 6.29 Å². The Hall–Kier alpha value is -0.120. The van der Waals surface area contributed by atoms with Gasteiger partial charge in [0.1, 0.15) is 5.60 Å². The van der Waals surface area contributed by atoms with Gasteiger partial charge in [-0.1, -0.05) is 0 Å². The van der Waals surface area contributed by atoms with E-state index in [-0.39, 0.29) is 0 Å². The van der Waals surface area contributed by atoms with Gasteiger partial charge >= 0.3 is 0 Å². The van der Waals surface area contributed by atoms with Crippen molar-refractivity contribution in [2.24, 2.45) is 5.92 Å². The van der Waals surface area contributed by atoms with E-state index in [2.05, 4.69) is 0 Å². The molecule has 2 N–H and O–H groups in total. The molecule has 0 bridgehead atoms. The zero-order valence-corrected chi connectivity index (χ0v) is 5.08. The van der Waals surface area contributed by atoms with Gasteiger partial charge in [0.2, 0.25) is 0 Å². The van der Waals surface area contributed by atoms with Gasteiger partial charge in [-0.05, 0) is 18.8 Å². The molecule has 2 fully saturated rings. The molecule has 1 heterocycles. The highest BCUT2D eigenvalue weighted by Gasteiger charge is 2.60. The Balaban J connectivity index is 2.10. The standard InChI is InChI=1S/C6H10O3/c7-5-6(8)3-4(6)1-2-9-5/h4-5,7-8H,1-3H2/t4?,5-,6?/m0/s1. The predicted octanol–water partition coefficient (Wildman–Crippen LogP) is -0.524. The smallest absolute Gasteiger partial charge is 0.183 e. The molecule has 0 radical (unpaired) electrons. The molecule has 1 saturated heterocycles. The summed E-state index contributed by atoms with van der Waals surface area (Å²) in [4.78, 5) is 0. The molecule has 52 valence electrons. The van der Waals surface area contributed by atoms with Crippen molar-refractivity contribution in [3.63, 3.8) is 0 Å². The lowest BCUT2D eigenvalue weighted by atomic mass is 10.1. The van der Waals surface area contributed by atoms with Crippen molar-refractivity contribution in [1.29, 1.82) is 0 Å². The second kappa shape index (κ2) is 1.48. The lowest BCUT2D eigenvalue weighted by molar-refractivity contribution is -0.197. The number of aliphatic hydroxyl groups excluding tert-OH is 1. The Morgan fingerprint density at radius 2 is 2.33 bits per heavy atom. The monoisotopic (exact) mass is 130 g/mol. The zero-order chi connectivity index (χ0) is 6.48. The van der Waals surface area contributed by atoms with Crippen LogP contribution in [0.3, 0.4) is 0 Å². The van der Waals surface area contributed by atoms with Crippen molar-refractivity contribution in [2.75, 3.05) is 6.61 Å². The molecular weight excluding hydrogens is 120 g/mol. The predicted molar refractivity (Wildman–Crippen MR) is 29.6 cm³/mol. The van der Waals surface area contributed by atoms with Gasteiger partial charge in [-0.2, -0.15) is 0 Å². The first-order valence-electron chi connectivity index (χ1n) is 3.25. The zero-order valence-electron chi connectivity index (χ0n) is 5.08. The van der Waals surface area contributed by atoms with Crippen LogP contribution in [-0.4, -0.2) is 28.7 Å². The van der Waals surface area contributed by atoms with Crippen LogP contribution in [0.25, 0.3) is 0 Å². The van der Waals surface area contributed by atoms with E-state index in [1.807, 2.05) is 0 Å². The maximum absolute atomic E-state index is 9.34. The summed E-state index contributed by atoms with van der Waals surface area (Å²) in [7, 11) is 0. The molecule has 3 atom stereocenters. The van der Waals surface area contributed by atoms with Gasteiger partial charge in [-0.3, -0.25) is 0 Å². The quantitative estimate of drug-likeness (QED) is 0.463. The maximum Gasteiger partial charge on any atom is 0.183 e. The van der Waals surface area contributed by atoms with Gasteiger partial charge < -0.3 is 14.9 Å². The summed E-state index contributed by atoms with van der Waals surface area (Å²) < 4.78 is 4.84. The molecule has 1 aliphatic carbocycles. The van der Waals surface area contributed by atoms with Crippen LogP contribution < -0.4 is 0 Å².